The topological polar surface area (TPSA) is 62.0 Å². The highest BCUT2D eigenvalue weighted by Crippen LogP contribution is 2.48. The molecule has 0 saturated heterocycles. The molecule has 1 fully saturated rings. The van der Waals surface area contributed by atoms with E-state index in [9.17, 15) is 10.1 Å². The summed E-state index contributed by atoms with van der Waals surface area (Å²) in [7, 11) is -0.354. The van der Waals surface area contributed by atoms with Crippen molar-refractivity contribution in [3.8, 4) is 0 Å². The van der Waals surface area contributed by atoms with Crippen molar-refractivity contribution in [3.05, 3.63) is 76.5 Å². The molecule has 3 aliphatic rings. The Kier molecular flexibility index (Phi) is 3.43. The van der Waals surface area contributed by atoms with Crippen LogP contribution in [-0.2, 0) is 0 Å². The van der Waals surface area contributed by atoms with E-state index in [2.05, 4.69) is 27.1 Å². The Bertz CT molecular complexity index is 996. The van der Waals surface area contributed by atoms with Crippen molar-refractivity contribution >= 4 is 38.5 Å². The largest absolute Gasteiger partial charge is 0.279 e. The maximum atomic E-state index is 11.0. The van der Waals surface area contributed by atoms with Crippen LogP contribution in [0.25, 0.3) is 0 Å². The number of benzene rings is 2. The van der Waals surface area contributed by atoms with Crippen molar-refractivity contribution < 1.29 is 4.92 Å². The van der Waals surface area contributed by atoms with Gasteiger partial charge < -0.3 is 0 Å². The van der Waals surface area contributed by atoms with Gasteiger partial charge in [0.2, 0.25) is 0 Å². The van der Waals surface area contributed by atoms with Crippen molar-refractivity contribution in [1.29, 1.82) is 0 Å². The number of nitrogens with zero attached hydrogens (tertiary/aromatic N) is 4. The van der Waals surface area contributed by atoms with Crippen molar-refractivity contribution in [2.24, 2.45) is 5.10 Å². The summed E-state index contributed by atoms with van der Waals surface area (Å²) in [5, 5.41) is 15.9. The highest BCUT2D eigenvalue weighted by molar-refractivity contribution is 8.20. The lowest BCUT2D eigenvalue weighted by atomic mass is 9.93. The van der Waals surface area contributed by atoms with Crippen LogP contribution in [0.5, 0.6) is 0 Å². The van der Waals surface area contributed by atoms with E-state index in [1.165, 1.54) is 16.1 Å². The van der Waals surface area contributed by atoms with Crippen molar-refractivity contribution in [2.75, 3.05) is 8.72 Å². The molecule has 130 valence electrons. The smallest absolute Gasteiger partial charge is 0.269 e. The van der Waals surface area contributed by atoms with E-state index < -0.39 is 0 Å². The number of non-ortho nitro benzene ring substituents is 1. The van der Waals surface area contributed by atoms with Gasteiger partial charge in [0, 0.05) is 29.2 Å². The summed E-state index contributed by atoms with van der Waals surface area (Å²) in [5.41, 5.74) is 4.64. The molecule has 0 amide bonds. The van der Waals surface area contributed by atoms with E-state index in [0.29, 0.717) is 0 Å². The summed E-state index contributed by atoms with van der Waals surface area (Å²) in [6.45, 7) is 0. The Labute approximate surface area is 153 Å². The van der Waals surface area contributed by atoms with Gasteiger partial charge in [-0.2, -0.15) is 9.52 Å². The number of nitro groups is 1. The first kappa shape index (κ1) is 15.3. The van der Waals surface area contributed by atoms with E-state index in [0.717, 1.165) is 30.6 Å². The summed E-state index contributed by atoms with van der Waals surface area (Å²) in [5.74, 6) is 0. The minimum absolute atomic E-state index is 0.109. The Morgan fingerprint density at radius 1 is 1.00 bits per heavy atom. The molecule has 1 unspecified atom stereocenters. The van der Waals surface area contributed by atoms with Gasteiger partial charge in [-0.1, -0.05) is 18.2 Å². The second-order valence-electron chi connectivity index (χ2n) is 6.36. The first-order valence-corrected chi connectivity index (χ1v) is 9.65. The van der Waals surface area contributed by atoms with E-state index >= 15 is 0 Å². The number of anilines is 2. The van der Waals surface area contributed by atoms with Gasteiger partial charge >= 0.3 is 0 Å². The molecule has 1 saturated carbocycles. The molecule has 26 heavy (non-hydrogen) atoms. The van der Waals surface area contributed by atoms with Crippen LogP contribution in [0.3, 0.4) is 0 Å². The fourth-order valence-electron chi connectivity index (χ4n) is 3.52. The Hall–Kier alpha value is -2.93. The van der Waals surface area contributed by atoms with Crippen LogP contribution in [-0.4, -0.2) is 15.5 Å². The molecule has 6 nitrogen and oxygen atoms in total. The van der Waals surface area contributed by atoms with Gasteiger partial charge in [-0.15, -0.1) is 0 Å². The van der Waals surface area contributed by atoms with Crippen LogP contribution in [0.2, 0.25) is 0 Å². The Morgan fingerprint density at radius 2 is 1.77 bits per heavy atom. The monoisotopic (exact) mass is 364 g/mol. The molecule has 0 radical (unpaired) electrons. The third kappa shape index (κ3) is 2.28. The summed E-state index contributed by atoms with van der Waals surface area (Å²) in [6, 6.07) is 17.0. The molecule has 1 aliphatic carbocycles. The van der Waals surface area contributed by atoms with Gasteiger partial charge in [0.25, 0.3) is 5.69 Å². The van der Waals surface area contributed by atoms with Crippen molar-refractivity contribution in [3.63, 3.8) is 0 Å². The van der Waals surface area contributed by atoms with Crippen molar-refractivity contribution in [2.45, 2.75) is 19.3 Å². The third-order valence-electron chi connectivity index (χ3n) is 4.72. The average Bonchev–Trinajstić information content (AvgIpc) is 3.26. The van der Waals surface area contributed by atoms with Gasteiger partial charge in [0.1, 0.15) is 0 Å². The van der Waals surface area contributed by atoms with Gasteiger partial charge in [-0.05, 0) is 49.1 Å². The van der Waals surface area contributed by atoms with Crippen LogP contribution in [0, 0.1) is 10.1 Å². The van der Waals surface area contributed by atoms with Crippen LogP contribution in [0.4, 0.5) is 17.1 Å². The minimum Gasteiger partial charge on any atom is -0.279 e. The van der Waals surface area contributed by atoms with Crippen molar-refractivity contribution in [1.82, 2.24) is 0 Å². The SMILES string of the molecule is O=[N+]([O-])c1ccc(N2C=C3CCCC4=NN(c5ccccc5)S2=C34)cc1. The van der Waals surface area contributed by atoms with E-state index in [-0.39, 0.29) is 21.5 Å². The zero-order valence-corrected chi connectivity index (χ0v) is 14.7. The number of nitro benzene ring substituents is 1. The molecule has 0 bridgehead atoms. The number of allylic oxidation sites excluding steroid dienone is 1. The maximum absolute atomic E-state index is 11.0. The fourth-order valence-corrected chi connectivity index (χ4v) is 5.84. The van der Waals surface area contributed by atoms with E-state index in [1.54, 1.807) is 12.1 Å². The lowest BCUT2D eigenvalue weighted by molar-refractivity contribution is -0.384. The molecule has 1 atom stereocenters. The number of para-hydroxylation sites is 1. The lowest BCUT2D eigenvalue weighted by Gasteiger charge is -2.27. The molecule has 0 spiro atoms. The molecule has 7 heteroatoms. The molecular weight excluding hydrogens is 348 g/mol. The van der Waals surface area contributed by atoms with Crippen LogP contribution in [0.15, 0.2) is 71.5 Å². The zero-order chi connectivity index (χ0) is 17.7. The number of hydrogen-bond acceptors (Lipinski definition) is 5. The van der Waals surface area contributed by atoms with E-state index in [1.807, 2.05) is 30.3 Å². The number of rotatable bonds is 3. The highest BCUT2D eigenvalue weighted by atomic mass is 32.2. The van der Waals surface area contributed by atoms with Gasteiger partial charge in [0.05, 0.1) is 26.9 Å². The van der Waals surface area contributed by atoms with Crippen LogP contribution in [0.1, 0.15) is 19.3 Å². The third-order valence-corrected chi connectivity index (χ3v) is 6.89. The standard InChI is InChI=1S/C19H16N4O2S/c24-23(25)17-11-9-15(10-12-17)21-13-14-5-4-8-18-19(14)26(21)22(20-18)16-6-2-1-3-7-16/h1-3,6-7,9-13H,4-5,8H2. The first-order chi connectivity index (χ1) is 12.7. The Balaban J connectivity index is 1.60. The summed E-state index contributed by atoms with van der Waals surface area (Å²) >= 11 is 0. The molecule has 2 aliphatic heterocycles. The molecule has 2 aromatic carbocycles. The average molecular weight is 364 g/mol. The molecule has 2 heterocycles. The van der Waals surface area contributed by atoms with Gasteiger partial charge in [-0.3, -0.25) is 14.4 Å². The lowest BCUT2D eigenvalue weighted by Crippen LogP contribution is -2.17. The predicted octanol–water partition coefficient (Wildman–Crippen LogP) is 4.63. The fraction of sp³-hybridized carbons (Fsp3) is 0.158. The molecule has 5 rings (SSSR count). The van der Waals surface area contributed by atoms with Gasteiger partial charge in [-0.25, -0.2) is 0 Å². The second-order valence-corrected chi connectivity index (χ2v) is 8.03. The molecular formula is C19H16N4O2S. The molecule has 2 aromatic rings. The summed E-state index contributed by atoms with van der Waals surface area (Å²) < 4.78 is 4.31. The number of hydrazone groups is 1. The maximum Gasteiger partial charge on any atom is 0.269 e. The quantitative estimate of drug-likeness (QED) is 0.452. The van der Waals surface area contributed by atoms with Crippen LogP contribution < -0.4 is 8.72 Å². The normalized spacial score (nSPS) is 20.8. The van der Waals surface area contributed by atoms with E-state index in [4.69, 9.17) is 5.10 Å². The van der Waals surface area contributed by atoms with Crippen LogP contribution >= 0.6 is 10.9 Å². The Morgan fingerprint density at radius 3 is 2.50 bits per heavy atom. The minimum atomic E-state index is -0.365. The van der Waals surface area contributed by atoms with Gasteiger partial charge in [0.15, 0.2) is 0 Å². The predicted molar refractivity (Wildman–Crippen MR) is 106 cm³/mol. The first-order valence-electron chi connectivity index (χ1n) is 8.51. The highest BCUT2D eigenvalue weighted by Gasteiger charge is 2.38. The molecule has 0 aromatic heterocycles. The summed E-state index contributed by atoms with van der Waals surface area (Å²) in [4.78, 5) is 11.9. The zero-order valence-electron chi connectivity index (χ0n) is 13.9. The number of hydrogen-bond donors (Lipinski definition) is 0. The summed E-state index contributed by atoms with van der Waals surface area (Å²) in [6.07, 6.45) is 5.38. The molecule has 0 N–H and O–H groups in total. The second kappa shape index (κ2) is 5.81.